The summed E-state index contributed by atoms with van der Waals surface area (Å²) < 4.78 is 11.1. The van der Waals surface area contributed by atoms with E-state index in [2.05, 4.69) is 0 Å². The minimum absolute atomic E-state index is 0.235. The molecule has 0 fully saturated rings. The van der Waals surface area contributed by atoms with E-state index in [1.807, 2.05) is 30.3 Å². The van der Waals surface area contributed by atoms with Crippen LogP contribution in [0.5, 0.6) is 5.75 Å². The lowest BCUT2D eigenvalue weighted by Gasteiger charge is -2.06. The quantitative estimate of drug-likeness (QED) is 0.436. The van der Waals surface area contributed by atoms with Gasteiger partial charge in [0.15, 0.2) is 0 Å². The van der Waals surface area contributed by atoms with Crippen molar-refractivity contribution in [1.29, 1.82) is 0 Å². The Labute approximate surface area is 142 Å². The maximum absolute atomic E-state index is 8.62. The predicted octanol–water partition coefficient (Wildman–Crippen LogP) is 4.98. The standard InChI is InChI=1S/C20H34O3/c21-16-13-18-22-17-11-6-4-2-1-3-5-7-12-19-23-20-14-9-8-10-15-20/h8-10,14-15,21H,1-7,11-13,16-19H2. The van der Waals surface area contributed by atoms with Gasteiger partial charge in [-0.3, -0.25) is 0 Å². The van der Waals surface area contributed by atoms with Gasteiger partial charge in [-0.05, 0) is 31.4 Å². The number of hydrogen-bond acceptors (Lipinski definition) is 3. The molecule has 1 rings (SSSR count). The summed E-state index contributed by atoms with van der Waals surface area (Å²) in [4.78, 5) is 0. The Hall–Kier alpha value is -1.06. The molecule has 1 aromatic carbocycles. The molecule has 0 bridgehead atoms. The molecule has 0 saturated carbocycles. The van der Waals surface area contributed by atoms with Crippen molar-refractivity contribution in [2.45, 2.75) is 64.2 Å². The first-order valence-electron chi connectivity index (χ1n) is 9.30. The summed E-state index contributed by atoms with van der Waals surface area (Å²) in [6.07, 6.45) is 12.3. The Balaban J connectivity index is 1.72. The van der Waals surface area contributed by atoms with Gasteiger partial charge in [-0.1, -0.05) is 63.1 Å². The fourth-order valence-electron chi connectivity index (χ4n) is 2.52. The number of aliphatic hydroxyl groups excluding tert-OH is 1. The van der Waals surface area contributed by atoms with Crippen LogP contribution >= 0.6 is 0 Å². The minimum atomic E-state index is 0.235. The average Bonchev–Trinajstić information content (AvgIpc) is 2.59. The summed E-state index contributed by atoms with van der Waals surface area (Å²) in [6, 6.07) is 10.1. The van der Waals surface area contributed by atoms with Crippen molar-refractivity contribution in [3.05, 3.63) is 30.3 Å². The van der Waals surface area contributed by atoms with E-state index < -0.39 is 0 Å². The first-order valence-corrected chi connectivity index (χ1v) is 9.30. The molecule has 0 saturated heterocycles. The lowest BCUT2D eigenvalue weighted by Crippen LogP contribution is -1.99. The highest BCUT2D eigenvalue weighted by molar-refractivity contribution is 5.20. The van der Waals surface area contributed by atoms with Crippen molar-refractivity contribution in [2.75, 3.05) is 26.4 Å². The molecule has 0 radical (unpaired) electrons. The Kier molecular flexibility index (Phi) is 13.7. The second-order valence-electron chi connectivity index (χ2n) is 6.03. The minimum Gasteiger partial charge on any atom is -0.494 e. The van der Waals surface area contributed by atoms with Gasteiger partial charge in [0.05, 0.1) is 6.61 Å². The van der Waals surface area contributed by atoms with Crippen LogP contribution in [0.3, 0.4) is 0 Å². The van der Waals surface area contributed by atoms with Gasteiger partial charge in [-0.15, -0.1) is 0 Å². The van der Waals surface area contributed by atoms with Crippen molar-refractivity contribution in [2.24, 2.45) is 0 Å². The van der Waals surface area contributed by atoms with Crippen LogP contribution in [0.25, 0.3) is 0 Å². The van der Waals surface area contributed by atoms with E-state index in [9.17, 15) is 0 Å². The molecule has 1 aromatic rings. The molecule has 0 unspecified atom stereocenters. The molecule has 1 N–H and O–H groups in total. The highest BCUT2D eigenvalue weighted by Gasteiger charge is 1.95. The van der Waals surface area contributed by atoms with Gasteiger partial charge >= 0.3 is 0 Å². The summed E-state index contributed by atoms with van der Waals surface area (Å²) in [6.45, 7) is 2.62. The summed E-state index contributed by atoms with van der Waals surface area (Å²) in [5, 5.41) is 8.62. The molecule has 23 heavy (non-hydrogen) atoms. The molecular weight excluding hydrogens is 288 g/mol. The third-order valence-corrected chi connectivity index (χ3v) is 3.89. The van der Waals surface area contributed by atoms with Gasteiger partial charge in [0.2, 0.25) is 0 Å². The fraction of sp³-hybridized carbons (Fsp3) is 0.700. The van der Waals surface area contributed by atoms with E-state index in [1.165, 1.54) is 44.9 Å². The second kappa shape index (κ2) is 15.8. The Morgan fingerprint density at radius 1 is 0.609 bits per heavy atom. The van der Waals surface area contributed by atoms with Gasteiger partial charge in [-0.25, -0.2) is 0 Å². The number of rotatable bonds is 16. The summed E-state index contributed by atoms with van der Waals surface area (Å²) in [7, 11) is 0. The number of hydrogen-bond donors (Lipinski definition) is 1. The molecule has 3 nitrogen and oxygen atoms in total. The van der Waals surface area contributed by atoms with Gasteiger partial charge < -0.3 is 14.6 Å². The monoisotopic (exact) mass is 322 g/mol. The number of para-hydroxylation sites is 1. The summed E-state index contributed by atoms with van der Waals surface area (Å²) in [5.41, 5.74) is 0. The molecule has 0 aliphatic heterocycles. The first kappa shape index (κ1) is 20.0. The molecule has 132 valence electrons. The SMILES string of the molecule is OCCCOCCCCCCCCCCCOc1ccccc1. The van der Waals surface area contributed by atoms with E-state index in [0.717, 1.165) is 38.2 Å². The smallest absolute Gasteiger partial charge is 0.119 e. The number of ether oxygens (including phenoxy) is 2. The third kappa shape index (κ3) is 13.1. The van der Waals surface area contributed by atoms with E-state index in [1.54, 1.807) is 0 Å². The van der Waals surface area contributed by atoms with Crippen molar-refractivity contribution in [3.8, 4) is 5.75 Å². The normalized spacial score (nSPS) is 10.8. The maximum atomic E-state index is 8.62. The van der Waals surface area contributed by atoms with Crippen molar-refractivity contribution in [3.63, 3.8) is 0 Å². The highest BCUT2D eigenvalue weighted by atomic mass is 16.5. The lowest BCUT2D eigenvalue weighted by atomic mass is 10.1. The topological polar surface area (TPSA) is 38.7 Å². The van der Waals surface area contributed by atoms with Gasteiger partial charge in [0, 0.05) is 19.8 Å². The molecule has 0 heterocycles. The molecule has 0 aliphatic rings. The Morgan fingerprint density at radius 2 is 1.13 bits per heavy atom. The van der Waals surface area contributed by atoms with Crippen LogP contribution in [0.4, 0.5) is 0 Å². The highest BCUT2D eigenvalue weighted by Crippen LogP contribution is 2.12. The van der Waals surface area contributed by atoms with Crippen LogP contribution in [0, 0.1) is 0 Å². The number of benzene rings is 1. The van der Waals surface area contributed by atoms with Crippen molar-refractivity contribution >= 4 is 0 Å². The molecule has 0 aromatic heterocycles. The number of unbranched alkanes of at least 4 members (excludes halogenated alkanes) is 8. The largest absolute Gasteiger partial charge is 0.494 e. The summed E-state index contributed by atoms with van der Waals surface area (Å²) >= 11 is 0. The predicted molar refractivity (Wildman–Crippen MR) is 96.0 cm³/mol. The van der Waals surface area contributed by atoms with E-state index in [0.29, 0.717) is 6.61 Å². The second-order valence-corrected chi connectivity index (χ2v) is 6.03. The molecule has 0 atom stereocenters. The Bertz CT molecular complexity index is 340. The van der Waals surface area contributed by atoms with Gasteiger partial charge in [0.1, 0.15) is 5.75 Å². The Morgan fingerprint density at radius 3 is 1.74 bits per heavy atom. The molecule has 0 amide bonds. The molecule has 3 heteroatoms. The number of aliphatic hydroxyl groups is 1. The van der Waals surface area contributed by atoms with Crippen LogP contribution in [0.15, 0.2) is 30.3 Å². The molecule has 0 spiro atoms. The van der Waals surface area contributed by atoms with E-state index in [-0.39, 0.29) is 6.61 Å². The van der Waals surface area contributed by atoms with E-state index >= 15 is 0 Å². The van der Waals surface area contributed by atoms with Crippen LogP contribution in [-0.2, 0) is 4.74 Å². The molecule has 0 aliphatic carbocycles. The van der Waals surface area contributed by atoms with Crippen LogP contribution in [-0.4, -0.2) is 31.5 Å². The van der Waals surface area contributed by atoms with Gasteiger partial charge in [-0.2, -0.15) is 0 Å². The zero-order valence-corrected chi connectivity index (χ0v) is 14.5. The molecular formula is C20H34O3. The summed E-state index contributed by atoms with van der Waals surface area (Å²) in [5.74, 6) is 0.979. The lowest BCUT2D eigenvalue weighted by molar-refractivity contribution is 0.112. The van der Waals surface area contributed by atoms with Crippen LogP contribution < -0.4 is 4.74 Å². The van der Waals surface area contributed by atoms with E-state index in [4.69, 9.17) is 14.6 Å². The fourth-order valence-corrected chi connectivity index (χ4v) is 2.52. The maximum Gasteiger partial charge on any atom is 0.119 e. The average molecular weight is 322 g/mol. The zero-order chi connectivity index (χ0) is 16.4. The first-order chi connectivity index (χ1) is 11.4. The third-order valence-electron chi connectivity index (χ3n) is 3.89. The zero-order valence-electron chi connectivity index (χ0n) is 14.5. The van der Waals surface area contributed by atoms with Crippen LogP contribution in [0.2, 0.25) is 0 Å². The van der Waals surface area contributed by atoms with Crippen molar-refractivity contribution in [1.82, 2.24) is 0 Å². The van der Waals surface area contributed by atoms with Gasteiger partial charge in [0.25, 0.3) is 0 Å². The van der Waals surface area contributed by atoms with Crippen molar-refractivity contribution < 1.29 is 14.6 Å². The van der Waals surface area contributed by atoms with Crippen LogP contribution in [0.1, 0.15) is 64.2 Å².